The molecule has 3 aromatic rings. The van der Waals surface area contributed by atoms with Crippen molar-refractivity contribution in [2.24, 2.45) is 0 Å². The van der Waals surface area contributed by atoms with Gasteiger partial charge in [0.05, 0.1) is 6.61 Å². The number of carbonyl (C=O) groups excluding carboxylic acids is 1. The third-order valence-corrected chi connectivity index (χ3v) is 5.78. The summed E-state index contributed by atoms with van der Waals surface area (Å²) >= 11 is 0. The normalized spacial score (nSPS) is 29.8. The van der Waals surface area contributed by atoms with Gasteiger partial charge in [-0.2, -0.15) is 0 Å². The molecule has 32 heavy (non-hydrogen) atoms. The van der Waals surface area contributed by atoms with Crippen molar-refractivity contribution in [1.82, 2.24) is 5.32 Å². The highest BCUT2D eigenvalue weighted by atomic mass is 16.7. The molecule has 0 aromatic heterocycles. The van der Waals surface area contributed by atoms with Gasteiger partial charge in [-0.1, -0.05) is 60.7 Å². The van der Waals surface area contributed by atoms with Crippen LogP contribution in [0.5, 0.6) is 5.75 Å². The first-order chi connectivity index (χ1) is 15.6. The predicted octanol–water partition coefficient (Wildman–Crippen LogP) is 2.92. The molecule has 2 aliphatic heterocycles. The molecule has 2 fully saturated rings. The highest BCUT2D eigenvalue weighted by Crippen LogP contribution is 2.35. The lowest BCUT2D eigenvalue weighted by molar-refractivity contribution is -0.333. The van der Waals surface area contributed by atoms with Crippen molar-refractivity contribution >= 4 is 16.7 Å². The van der Waals surface area contributed by atoms with Gasteiger partial charge in [0.1, 0.15) is 30.1 Å². The van der Waals surface area contributed by atoms with E-state index < -0.39 is 36.9 Å². The second-order valence-corrected chi connectivity index (χ2v) is 8.06. The Bertz CT molecular complexity index is 1090. The highest BCUT2D eigenvalue weighted by molar-refractivity contribution is 5.83. The third kappa shape index (κ3) is 4.20. The van der Waals surface area contributed by atoms with Crippen molar-refractivity contribution < 1.29 is 28.8 Å². The van der Waals surface area contributed by atoms with Crippen LogP contribution >= 0.6 is 0 Å². The highest BCUT2D eigenvalue weighted by Gasteiger charge is 2.50. The minimum absolute atomic E-state index is 0.228. The van der Waals surface area contributed by atoms with Crippen LogP contribution in [0.15, 0.2) is 72.8 Å². The molecule has 3 aromatic carbocycles. The molecule has 0 aliphatic carbocycles. The van der Waals surface area contributed by atoms with Crippen LogP contribution in [-0.2, 0) is 19.0 Å². The molecule has 2 N–H and O–H groups in total. The number of rotatable bonds is 4. The molecule has 7 nitrogen and oxygen atoms in total. The van der Waals surface area contributed by atoms with Gasteiger partial charge in [-0.3, -0.25) is 4.79 Å². The van der Waals surface area contributed by atoms with Crippen LogP contribution in [0, 0.1) is 0 Å². The number of amides is 1. The number of fused-ring (bicyclic) bond motifs is 2. The van der Waals surface area contributed by atoms with E-state index in [9.17, 15) is 9.90 Å². The van der Waals surface area contributed by atoms with Gasteiger partial charge in [-0.15, -0.1) is 0 Å². The zero-order valence-corrected chi connectivity index (χ0v) is 17.6. The fourth-order valence-electron chi connectivity index (χ4n) is 4.24. The van der Waals surface area contributed by atoms with E-state index in [0.717, 1.165) is 16.3 Å². The summed E-state index contributed by atoms with van der Waals surface area (Å²) in [7, 11) is 0. The van der Waals surface area contributed by atoms with Crippen LogP contribution in [0.1, 0.15) is 18.8 Å². The summed E-state index contributed by atoms with van der Waals surface area (Å²) in [4.78, 5) is 11.9. The average Bonchev–Trinajstić information content (AvgIpc) is 2.82. The Kier molecular flexibility index (Phi) is 5.80. The monoisotopic (exact) mass is 435 g/mol. The summed E-state index contributed by atoms with van der Waals surface area (Å²) in [5, 5.41) is 16.0. The molecule has 0 bridgehead atoms. The molecule has 0 saturated carbocycles. The number of ether oxygens (including phenoxy) is 4. The smallest absolute Gasteiger partial charge is 0.223 e. The van der Waals surface area contributed by atoms with E-state index >= 15 is 0 Å². The number of aliphatic hydroxyl groups excluding tert-OH is 1. The molecule has 7 heteroatoms. The maximum absolute atomic E-state index is 11.9. The zero-order chi connectivity index (χ0) is 22.1. The number of hydrogen-bond acceptors (Lipinski definition) is 6. The Morgan fingerprint density at radius 3 is 2.53 bits per heavy atom. The molecule has 5 rings (SSSR count). The summed E-state index contributed by atoms with van der Waals surface area (Å²) in [6.07, 6.45) is -3.79. The topological polar surface area (TPSA) is 86.3 Å². The predicted molar refractivity (Wildman–Crippen MR) is 117 cm³/mol. The first-order valence-corrected chi connectivity index (χ1v) is 10.7. The fraction of sp³-hybridized carbons (Fsp3) is 0.320. The molecule has 2 aliphatic rings. The maximum Gasteiger partial charge on any atom is 0.223 e. The van der Waals surface area contributed by atoms with Crippen molar-refractivity contribution in [3.05, 3.63) is 78.4 Å². The molecule has 0 unspecified atom stereocenters. The molecule has 6 atom stereocenters. The minimum atomic E-state index is -1.04. The van der Waals surface area contributed by atoms with E-state index in [1.54, 1.807) is 0 Å². The number of carbonyl (C=O) groups is 1. The molecular formula is C25H25NO6. The summed E-state index contributed by atoms with van der Waals surface area (Å²) in [6.45, 7) is 1.62. The van der Waals surface area contributed by atoms with Gasteiger partial charge < -0.3 is 29.4 Å². The van der Waals surface area contributed by atoms with Crippen LogP contribution in [0.25, 0.3) is 10.8 Å². The summed E-state index contributed by atoms with van der Waals surface area (Å²) < 4.78 is 24.1. The van der Waals surface area contributed by atoms with Crippen LogP contribution in [0.2, 0.25) is 0 Å². The van der Waals surface area contributed by atoms with Gasteiger partial charge in [0, 0.05) is 12.5 Å². The van der Waals surface area contributed by atoms with Crippen molar-refractivity contribution in [2.45, 2.75) is 43.9 Å². The van der Waals surface area contributed by atoms with Gasteiger partial charge in [-0.25, -0.2) is 0 Å². The van der Waals surface area contributed by atoms with Crippen molar-refractivity contribution in [3.8, 4) is 5.75 Å². The van der Waals surface area contributed by atoms with E-state index in [2.05, 4.69) is 5.32 Å². The SMILES string of the molecule is CC(=O)N[C@@H]1[C@H](Oc2ccc3ccccc3c2)O[C@@H]2CO[C@H](c3ccccc3)O[C@@H]2[C@H]1O. The van der Waals surface area contributed by atoms with Crippen LogP contribution in [-0.4, -0.2) is 48.3 Å². The number of benzene rings is 3. The molecule has 1 amide bonds. The lowest BCUT2D eigenvalue weighted by atomic mass is 9.95. The Hall–Kier alpha value is -2.97. The number of aliphatic hydroxyl groups is 1. The lowest BCUT2D eigenvalue weighted by Crippen LogP contribution is -2.67. The van der Waals surface area contributed by atoms with Gasteiger partial charge in [0.2, 0.25) is 12.2 Å². The fourth-order valence-corrected chi connectivity index (χ4v) is 4.24. The van der Waals surface area contributed by atoms with E-state index in [1.807, 2.05) is 72.8 Å². The molecule has 166 valence electrons. The quantitative estimate of drug-likeness (QED) is 0.656. The summed E-state index contributed by atoms with van der Waals surface area (Å²) in [5.74, 6) is 0.282. The molecule has 0 radical (unpaired) electrons. The number of nitrogens with one attached hydrogen (secondary N) is 1. The Balaban J connectivity index is 1.37. The summed E-state index contributed by atoms with van der Waals surface area (Å²) in [6, 6.07) is 22.3. The zero-order valence-electron chi connectivity index (χ0n) is 17.6. The third-order valence-electron chi connectivity index (χ3n) is 5.78. The minimum Gasteiger partial charge on any atom is -0.463 e. The van der Waals surface area contributed by atoms with Crippen LogP contribution in [0.3, 0.4) is 0 Å². The lowest BCUT2D eigenvalue weighted by Gasteiger charge is -2.47. The molecule has 2 saturated heterocycles. The van der Waals surface area contributed by atoms with Crippen molar-refractivity contribution in [1.29, 1.82) is 0 Å². The second-order valence-electron chi connectivity index (χ2n) is 8.06. The first-order valence-electron chi connectivity index (χ1n) is 10.7. The maximum atomic E-state index is 11.9. The van der Waals surface area contributed by atoms with Crippen LogP contribution < -0.4 is 10.1 Å². The van der Waals surface area contributed by atoms with Crippen LogP contribution in [0.4, 0.5) is 0 Å². The molecule has 0 spiro atoms. The number of hydrogen-bond donors (Lipinski definition) is 2. The largest absolute Gasteiger partial charge is 0.463 e. The Morgan fingerprint density at radius 1 is 1.00 bits per heavy atom. The molecular weight excluding hydrogens is 410 g/mol. The van der Waals surface area contributed by atoms with E-state index in [4.69, 9.17) is 18.9 Å². The Labute approximate surface area is 185 Å². The van der Waals surface area contributed by atoms with Gasteiger partial charge in [0.15, 0.2) is 6.29 Å². The van der Waals surface area contributed by atoms with E-state index in [0.29, 0.717) is 5.75 Å². The standard InChI is InChI=1S/C25H25NO6/c1-15(27)26-21-22(28)23-20(14-29-24(32-23)17-8-3-2-4-9-17)31-25(21)30-19-12-11-16-7-5-6-10-18(16)13-19/h2-13,20-25,28H,14H2,1H3,(H,26,27)/t20-,21+,22+,23+,24+,25-/m1/s1. The van der Waals surface area contributed by atoms with Gasteiger partial charge in [-0.05, 0) is 22.9 Å². The van der Waals surface area contributed by atoms with Crippen molar-refractivity contribution in [3.63, 3.8) is 0 Å². The van der Waals surface area contributed by atoms with Crippen molar-refractivity contribution in [2.75, 3.05) is 6.61 Å². The second kappa shape index (κ2) is 8.88. The van der Waals surface area contributed by atoms with E-state index in [-0.39, 0.29) is 12.5 Å². The van der Waals surface area contributed by atoms with Gasteiger partial charge >= 0.3 is 0 Å². The average molecular weight is 435 g/mol. The van der Waals surface area contributed by atoms with E-state index in [1.165, 1.54) is 6.92 Å². The Morgan fingerprint density at radius 2 is 1.75 bits per heavy atom. The summed E-state index contributed by atoms with van der Waals surface area (Å²) in [5.41, 5.74) is 0.851. The first kappa shape index (κ1) is 20.9. The molecule has 2 heterocycles. The van der Waals surface area contributed by atoms with Gasteiger partial charge in [0.25, 0.3) is 0 Å².